The quantitative estimate of drug-likeness (QED) is 0.758. The summed E-state index contributed by atoms with van der Waals surface area (Å²) in [6.07, 6.45) is 2.79. The lowest BCUT2D eigenvalue weighted by molar-refractivity contribution is 1.09. The van der Waals surface area contributed by atoms with Crippen LogP contribution in [-0.4, -0.2) is 9.97 Å². The largest absolute Gasteiger partial charge is 0.237 e. The van der Waals surface area contributed by atoms with E-state index in [4.69, 9.17) is 11.6 Å². The Bertz CT molecular complexity index is 466. The van der Waals surface area contributed by atoms with Crippen molar-refractivity contribution in [2.75, 3.05) is 0 Å². The van der Waals surface area contributed by atoms with Crippen LogP contribution in [0.1, 0.15) is 18.2 Å². The Labute approximate surface area is 100 Å². The summed E-state index contributed by atoms with van der Waals surface area (Å²) >= 11 is 5.74. The van der Waals surface area contributed by atoms with Gasteiger partial charge in [-0.15, -0.1) is 11.6 Å². The molecule has 0 unspecified atom stereocenters. The Morgan fingerprint density at radius 1 is 1.12 bits per heavy atom. The number of aromatic nitrogens is 2. The Kier molecular flexibility index (Phi) is 3.52. The lowest BCUT2D eigenvalue weighted by atomic mass is 10.1. The molecule has 0 amide bonds. The molecule has 0 radical (unpaired) electrons. The molecule has 1 aromatic heterocycles. The van der Waals surface area contributed by atoms with Crippen LogP contribution in [0.15, 0.2) is 36.5 Å². The molecule has 0 N–H and O–H groups in total. The van der Waals surface area contributed by atoms with E-state index in [1.165, 1.54) is 5.56 Å². The second kappa shape index (κ2) is 5.08. The average molecular weight is 233 g/mol. The smallest absolute Gasteiger partial charge is 0.159 e. The molecule has 3 heteroatoms. The van der Waals surface area contributed by atoms with Gasteiger partial charge in [0.05, 0.1) is 11.6 Å². The Hall–Kier alpha value is -1.41. The molecule has 2 rings (SSSR count). The molecule has 2 nitrogen and oxygen atoms in total. The van der Waals surface area contributed by atoms with E-state index >= 15 is 0 Å². The maximum Gasteiger partial charge on any atom is 0.159 e. The molecular formula is C13H13ClN2. The van der Waals surface area contributed by atoms with Crippen molar-refractivity contribution < 1.29 is 0 Å². The summed E-state index contributed by atoms with van der Waals surface area (Å²) in [5.41, 5.74) is 3.20. The maximum atomic E-state index is 5.74. The highest BCUT2D eigenvalue weighted by molar-refractivity contribution is 6.16. The van der Waals surface area contributed by atoms with Gasteiger partial charge in [-0.25, -0.2) is 9.97 Å². The van der Waals surface area contributed by atoms with E-state index in [9.17, 15) is 0 Å². The SMILES string of the molecule is CCc1ccc(-c2nccc(CCl)n2)cc1. The summed E-state index contributed by atoms with van der Waals surface area (Å²) < 4.78 is 0. The number of hydrogen-bond donors (Lipinski definition) is 0. The third-order valence-electron chi connectivity index (χ3n) is 2.47. The zero-order chi connectivity index (χ0) is 11.4. The number of rotatable bonds is 3. The van der Waals surface area contributed by atoms with E-state index in [0.29, 0.717) is 5.88 Å². The molecule has 0 atom stereocenters. The van der Waals surface area contributed by atoms with E-state index in [-0.39, 0.29) is 0 Å². The minimum atomic E-state index is 0.419. The van der Waals surface area contributed by atoms with Crippen molar-refractivity contribution >= 4 is 11.6 Å². The normalized spacial score (nSPS) is 10.4. The molecule has 0 bridgehead atoms. The van der Waals surface area contributed by atoms with Crippen molar-refractivity contribution in [3.05, 3.63) is 47.8 Å². The molecule has 82 valence electrons. The van der Waals surface area contributed by atoms with E-state index in [1.54, 1.807) is 6.20 Å². The van der Waals surface area contributed by atoms with Gasteiger partial charge in [0.2, 0.25) is 0 Å². The fourth-order valence-corrected chi connectivity index (χ4v) is 1.65. The van der Waals surface area contributed by atoms with Crippen molar-refractivity contribution in [1.29, 1.82) is 0 Å². The highest BCUT2D eigenvalue weighted by atomic mass is 35.5. The number of halogens is 1. The summed E-state index contributed by atoms with van der Waals surface area (Å²) in [6, 6.07) is 10.1. The third kappa shape index (κ3) is 2.39. The van der Waals surface area contributed by atoms with Crippen LogP contribution >= 0.6 is 11.6 Å². The van der Waals surface area contributed by atoms with Crippen LogP contribution in [-0.2, 0) is 12.3 Å². The van der Waals surface area contributed by atoms with Crippen molar-refractivity contribution in [3.8, 4) is 11.4 Å². The Balaban J connectivity index is 2.34. The highest BCUT2D eigenvalue weighted by Gasteiger charge is 2.01. The standard InChI is InChI=1S/C13H13ClN2/c1-2-10-3-5-11(6-4-10)13-15-8-7-12(9-14)16-13/h3-8H,2,9H2,1H3. The number of aryl methyl sites for hydroxylation is 1. The van der Waals surface area contributed by atoms with Gasteiger partial charge < -0.3 is 0 Å². The lowest BCUT2D eigenvalue weighted by Crippen LogP contribution is -1.92. The topological polar surface area (TPSA) is 25.8 Å². The molecule has 0 fully saturated rings. The molecule has 0 saturated carbocycles. The third-order valence-corrected chi connectivity index (χ3v) is 2.74. The van der Waals surface area contributed by atoms with Gasteiger partial charge in [0, 0.05) is 11.8 Å². The van der Waals surface area contributed by atoms with Gasteiger partial charge in [-0.1, -0.05) is 31.2 Å². The van der Waals surface area contributed by atoms with Gasteiger partial charge in [-0.05, 0) is 18.1 Å². The van der Waals surface area contributed by atoms with Crippen LogP contribution in [0.5, 0.6) is 0 Å². The van der Waals surface area contributed by atoms with Gasteiger partial charge in [-0.2, -0.15) is 0 Å². The minimum absolute atomic E-state index is 0.419. The van der Waals surface area contributed by atoms with Gasteiger partial charge >= 0.3 is 0 Å². The molecule has 1 heterocycles. The lowest BCUT2D eigenvalue weighted by Gasteiger charge is -2.02. The summed E-state index contributed by atoms with van der Waals surface area (Å²) in [6.45, 7) is 2.14. The Morgan fingerprint density at radius 2 is 1.88 bits per heavy atom. The summed E-state index contributed by atoms with van der Waals surface area (Å²) in [4.78, 5) is 8.62. The number of nitrogens with zero attached hydrogens (tertiary/aromatic N) is 2. The van der Waals surface area contributed by atoms with Crippen LogP contribution in [0.2, 0.25) is 0 Å². The molecule has 1 aromatic carbocycles. The van der Waals surface area contributed by atoms with Crippen molar-refractivity contribution in [1.82, 2.24) is 9.97 Å². The number of hydrogen-bond acceptors (Lipinski definition) is 2. The first-order chi connectivity index (χ1) is 7.83. The predicted octanol–water partition coefficient (Wildman–Crippen LogP) is 3.44. The van der Waals surface area contributed by atoms with Crippen LogP contribution in [0.25, 0.3) is 11.4 Å². The number of benzene rings is 1. The molecule has 0 aliphatic rings. The van der Waals surface area contributed by atoms with Crippen molar-refractivity contribution in [3.63, 3.8) is 0 Å². The van der Waals surface area contributed by atoms with Gasteiger partial charge in [-0.3, -0.25) is 0 Å². The molecule has 0 aliphatic heterocycles. The van der Waals surface area contributed by atoms with Gasteiger partial charge in [0.15, 0.2) is 5.82 Å². The van der Waals surface area contributed by atoms with E-state index < -0.39 is 0 Å². The van der Waals surface area contributed by atoms with Crippen LogP contribution in [0.4, 0.5) is 0 Å². The molecule has 0 spiro atoms. The molecule has 0 saturated heterocycles. The second-order valence-electron chi connectivity index (χ2n) is 3.56. The fraction of sp³-hybridized carbons (Fsp3) is 0.231. The van der Waals surface area contributed by atoms with E-state index in [1.807, 2.05) is 18.2 Å². The summed E-state index contributed by atoms with van der Waals surface area (Å²) in [5, 5.41) is 0. The fourth-order valence-electron chi connectivity index (χ4n) is 1.50. The van der Waals surface area contributed by atoms with Crippen molar-refractivity contribution in [2.24, 2.45) is 0 Å². The number of alkyl halides is 1. The van der Waals surface area contributed by atoms with Crippen LogP contribution < -0.4 is 0 Å². The van der Waals surface area contributed by atoms with Crippen LogP contribution in [0, 0.1) is 0 Å². The zero-order valence-corrected chi connectivity index (χ0v) is 9.91. The van der Waals surface area contributed by atoms with Crippen LogP contribution in [0.3, 0.4) is 0 Å². The van der Waals surface area contributed by atoms with E-state index in [2.05, 4.69) is 29.0 Å². The monoisotopic (exact) mass is 232 g/mol. The first kappa shape index (κ1) is 11.1. The first-order valence-corrected chi connectivity index (χ1v) is 5.84. The zero-order valence-electron chi connectivity index (χ0n) is 9.15. The first-order valence-electron chi connectivity index (χ1n) is 5.30. The summed E-state index contributed by atoms with van der Waals surface area (Å²) in [5.74, 6) is 1.16. The second-order valence-corrected chi connectivity index (χ2v) is 3.82. The molecule has 0 aliphatic carbocycles. The van der Waals surface area contributed by atoms with E-state index in [0.717, 1.165) is 23.5 Å². The molecule has 16 heavy (non-hydrogen) atoms. The molecular weight excluding hydrogens is 220 g/mol. The average Bonchev–Trinajstić information content (AvgIpc) is 2.39. The van der Waals surface area contributed by atoms with Crippen molar-refractivity contribution in [2.45, 2.75) is 19.2 Å². The predicted molar refractivity (Wildman–Crippen MR) is 66.4 cm³/mol. The summed E-state index contributed by atoms with van der Waals surface area (Å²) in [7, 11) is 0. The highest BCUT2D eigenvalue weighted by Crippen LogP contribution is 2.16. The Morgan fingerprint density at radius 3 is 2.50 bits per heavy atom. The van der Waals surface area contributed by atoms with Gasteiger partial charge in [0.1, 0.15) is 0 Å². The van der Waals surface area contributed by atoms with Gasteiger partial charge in [0.25, 0.3) is 0 Å². The maximum absolute atomic E-state index is 5.74. The minimum Gasteiger partial charge on any atom is -0.237 e. The molecule has 2 aromatic rings.